The molecule has 110 valence electrons. The first-order valence-electron chi connectivity index (χ1n) is 6.67. The highest BCUT2D eigenvalue weighted by molar-refractivity contribution is 6.00. The highest BCUT2D eigenvalue weighted by Gasteiger charge is 2.28. The second kappa shape index (κ2) is 4.51. The van der Waals surface area contributed by atoms with Crippen molar-refractivity contribution in [1.29, 1.82) is 0 Å². The van der Waals surface area contributed by atoms with Gasteiger partial charge in [0.15, 0.2) is 5.56 Å². The summed E-state index contributed by atoms with van der Waals surface area (Å²) < 4.78 is 6.66. The number of aromatic carboxylic acids is 1. The molecule has 21 heavy (non-hydrogen) atoms. The summed E-state index contributed by atoms with van der Waals surface area (Å²) in [5.74, 6) is -1.39. The third-order valence-corrected chi connectivity index (χ3v) is 4.05. The second-order valence-corrected chi connectivity index (χ2v) is 5.27. The molecule has 0 spiro atoms. The van der Waals surface area contributed by atoms with Crippen LogP contribution < -0.4 is 10.3 Å². The number of nitrogens with zero attached hydrogens (tertiary/aromatic N) is 1. The quantitative estimate of drug-likeness (QED) is 0.881. The van der Waals surface area contributed by atoms with Crippen LogP contribution in [0.25, 0.3) is 10.9 Å². The van der Waals surface area contributed by atoms with E-state index in [1.165, 1.54) is 11.7 Å². The Hall–Kier alpha value is -2.50. The van der Waals surface area contributed by atoms with Gasteiger partial charge in [-0.2, -0.15) is 0 Å². The van der Waals surface area contributed by atoms with E-state index in [2.05, 4.69) is 0 Å². The predicted octanol–water partition coefficient (Wildman–Crippen LogP) is 1.92. The Bertz CT molecular complexity index is 821. The third-order valence-electron chi connectivity index (χ3n) is 4.05. The number of hydrogen-bond donors (Lipinski definition) is 2. The number of ether oxygens (including phenoxy) is 1. The van der Waals surface area contributed by atoms with Gasteiger partial charge in [-0.1, -0.05) is 0 Å². The molecule has 3 rings (SSSR count). The zero-order valence-electron chi connectivity index (χ0n) is 11.7. The number of hydrogen-bond acceptors (Lipinski definition) is 4. The van der Waals surface area contributed by atoms with E-state index in [-0.39, 0.29) is 6.04 Å². The Morgan fingerprint density at radius 3 is 2.76 bits per heavy atom. The van der Waals surface area contributed by atoms with Crippen molar-refractivity contribution in [3.05, 3.63) is 33.6 Å². The van der Waals surface area contributed by atoms with E-state index in [9.17, 15) is 19.8 Å². The normalized spacial score (nSPS) is 17.0. The van der Waals surface area contributed by atoms with Crippen LogP contribution in [-0.4, -0.2) is 27.9 Å². The van der Waals surface area contributed by atoms with E-state index in [1.807, 2.05) is 13.0 Å². The Morgan fingerprint density at radius 1 is 1.43 bits per heavy atom. The van der Waals surface area contributed by atoms with Crippen molar-refractivity contribution >= 4 is 16.9 Å². The van der Waals surface area contributed by atoms with Gasteiger partial charge in [-0.25, -0.2) is 4.79 Å². The number of rotatable bonds is 2. The summed E-state index contributed by atoms with van der Waals surface area (Å²) >= 11 is 0. The highest BCUT2D eigenvalue weighted by atomic mass is 16.5. The van der Waals surface area contributed by atoms with Crippen LogP contribution in [0.3, 0.4) is 0 Å². The molecule has 0 saturated carbocycles. The van der Waals surface area contributed by atoms with Gasteiger partial charge in [0.2, 0.25) is 0 Å². The van der Waals surface area contributed by atoms with Crippen molar-refractivity contribution in [2.75, 3.05) is 7.11 Å². The third kappa shape index (κ3) is 1.79. The summed E-state index contributed by atoms with van der Waals surface area (Å²) in [5, 5.41) is 19.8. The van der Waals surface area contributed by atoms with E-state index in [4.69, 9.17) is 4.74 Å². The maximum absolute atomic E-state index is 12.4. The van der Waals surface area contributed by atoms with Gasteiger partial charge in [-0.15, -0.1) is 0 Å². The number of carbonyl (C=O) groups is 1. The average Bonchev–Trinajstić information content (AvgIpc) is 2.44. The summed E-state index contributed by atoms with van der Waals surface area (Å²) in [5.41, 5.74) is 0.232. The van der Waals surface area contributed by atoms with Gasteiger partial charge in [0.05, 0.1) is 12.6 Å². The minimum Gasteiger partial charge on any atom is -0.506 e. The molecule has 6 heteroatoms. The SMILES string of the molecule is COc1cc2c3c(c1)c(O)c(C(=O)O)c(=O)n3C(C)CC2. The van der Waals surface area contributed by atoms with Gasteiger partial charge in [0.1, 0.15) is 11.5 Å². The first kappa shape index (κ1) is 13.5. The number of aromatic hydroxyl groups is 1. The number of carboxylic acid groups (broad SMARTS) is 1. The molecule has 1 aromatic carbocycles. The van der Waals surface area contributed by atoms with Gasteiger partial charge in [0.25, 0.3) is 5.56 Å². The van der Waals surface area contributed by atoms with Crippen LogP contribution in [0.1, 0.15) is 35.3 Å². The van der Waals surface area contributed by atoms with Crippen molar-refractivity contribution < 1.29 is 19.7 Å². The fraction of sp³-hybridized carbons (Fsp3) is 0.333. The van der Waals surface area contributed by atoms with Crippen molar-refractivity contribution in [2.45, 2.75) is 25.8 Å². The van der Waals surface area contributed by atoms with E-state index >= 15 is 0 Å². The van der Waals surface area contributed by atoms with Crippen LogP contribution in [0.4, 0.5) is 0 Å². The standard InChI is InChI=1S/C15H15NO5/c1-7-3-4-8-5-9(21-2)6-10-12(8)16(7)14(18)11(13(10)17)15(19)20/h5-7,17H,3-4H2,1-2H3,(H,19,20). The fourth-order valence-corrected chi connectivity index (χ4v) is 3.00. The molecule has 1 aromatic heterocycles. The summed E-state index contributed by atoms with van der Waals surface area (Å²) in [7, 11) is 1.50. The Labute approximate surface area is 120 Å². The number of aromatic nitrogens is 1. The van der Waals surface area contributed by atoms with Crippen LogP contribution in [0.5, 0.6) is 11.5 Å². The van der Waals surface area contributed by atoms with E-state index in [1.54, 1.807) is 6.07 Å². The van der Waals surface area contributed by atoms with E-state index in [0.29, 0.717) is 16.7 Å². The lowest BCUT2D eigenvalue weighted by molar-refractivity contribution is 0.0691. The summed E-state index contributed by atoms with van der Waals surface area (Å²) in [6, 6.07) is 3.28. The maximum Gasteiger partial charge on any atom is 0.345 e. The molecular formula is C15H15NO5. The van der Waals surface area contributed by atoms with Crippen LogP contribution in [0.2, 0.25) is 0 Å². The number of aryl methyl sites for hydroxylation is 1. The lowest BCUT2D eigenvalue weighted by atomic mass is 9.95. The van der Waals surface area contributed by atoms with Crippen molar-refractivity contribution in [2.24, 2.45) is 0 Å². The highest BCUT2D eigenvalue weighted by Crippen LogP contribution is 2.37. The molecule has 0 fully saturated rings. The molecule has 2 aromatic rings. The van der Waals surface area contributed by atoms with Gasteiger partial charge in [-0.3, -0.25) is 4.79 Å². The van der Waals surface area contributed by atoms with Gasteiger partial charge in [-0.05, 0) is 37.5 Å². The Balaban J connectivity index is 2.57. The maximum atomic E-state index is 12.4. The number of benzene rings is 1. The minimum atomic E-state index is -1.43. The van der Waals surface area contributed by atoms with Gasteiger partial charge in [0, 0.05) is 11.4 Å². The lowest BCUT2D eigenvalue weighted by Gasteiger charge is -2.26. The predicted molar refractivity (Wildman–Crippen MR) is 76.4 cm³/mol. The number of pyridine rings is 1. The Morgan fingerprint density at radius 2 is 2.14 bits per heavy atom. The molecule has 6 nitrogen and oxygen atoms in total. The molecule has 0 bridgehead atoms. The molecular weight excluding hydrogens is 274 g/mol. The van der Waals surface area contributed by atoms with Crippen LogP contribution in [0.15, 0.2) is 16.9 Å². The molecule has 2 N–H and O–H groups in total. The number of methoxy groups -OCH3 is 1. The smallest absolute Gasteiger partial charge is 0.345 e. The fourth-order valence-electron chi connectivity index (χ4n) is 3.00. The molecule has 0 radical (unpaired) electrons. The van der Waals surface area contributed by atoms with E-state index in [0.717, 1.165) is 18.4 Å². The zero-order valence-corrected chi connectivity index (χ0v) is 11.7. The zero-order chi connectivity index (χ0) is 15.3. The van der Waals surface area contributed by atoms with Crippen LogP contribution >= 0.6 is 0 Å². The topological polar surface area (TPSA) is 88.8 Å². The molecule has 0 aliphatic carbocycles. The number of carboxylic acids is 1. The van der Waals surface area contributed by atoms with Crippen LogP contribution in [-0.2, 0) is 6.42 Å². The Kier molecular flexibility index (Phi) is 2.90. The molecule has 1 atom stereocenters. The molecule has 1 unspecified atom stereocenters. The largest absolute Gasteiger partial charge is 0.506 e. The lowest BCUT2D eigenvalue weighted by Crippen LogP contribution is -2.31. The molecule has 1 aliphatic rings. The van der Waals surface area contributed by atoms with Gasteiger partial charge < -0.3 is 19.5 Å². The van der Waals surface area contributed by atoms with Crippen molar-refractivity contribution in [3.8, 4) is 11.5 Å². The molecule has 0 amide bonds. The monoisotopic (exact) mass is 289 g/mol. The minimum absolute atomic E-state index is 0.111. The van der Waals surface area contributed by atoms with Gasteiger partial charge >= 0.3 is 5.97 Å². The van der Waals surface area contributed by atoms with E-state index < -0.39 is 22.8 Å². The second-order valence-electron chi connectivity index (χ2n) is 5.27. The summed E-state index contributed by atoms with van der Waals surface area (Å²) in [6.07, 6.45) is 1.49. The van der Waals surface area contributed by atoms with Crippen molar-refractivity contribution in [3.63, 3.8) is 0 Å². The first-order chi connectivity index (χ1) is 9.95. The molecule has 0 saturated heterocycles. The summed E-state index contributed by atoms with van der Waals surface area (Å²) in [4.78, 5) is 23.7. The average molecular weight is 289 g/mol. The van der Waals surface area contributed by atoms with Crippen LogP contribution in [0, 0.1) is 0 Å². The molecule has 2 heterocycles. The molecule has 1 aliphatic heterocycles. The van der Waals surface area contributed by atoms with Crippen molar-refractivity contribution in [1.82, 2.24) is 4.57 Å². The first-order valence-corrected chi connectivity index (χ1v) is 6.67. The summed E-state index contributed by atoms with van der Waals surface area (Å²) in [6.45, 7) is 1.87.